The zero-order valence-corrected chi connectivity index (χ0v) is 16.3. The summed E-state index contributed by atoms with van der Waals surface area (Å²) in [4.78, 5) is 15.7. The van der Waals surface area contributed by atoms with Crippen LogP contribution in [0.1, 0.15) is 50.2 Å². The molecule has 0 saturated carbocycles. The average molecular weight is 399 g/mol. The van der Waals surface area contributed by atoms with E-state index < -0.39 is 5.97 Å². The molecule has 0 saturated heterocycles. The van der Waals surface area contributed by atoms with Crippen molar-refractivity contribution in [2.45, 2.75) is 25.4 Å². The topological polar surface area (TPSA) is 93.3 Å². The highest BCUT2D eigenvalue weighted by molar-refractivity contribution is 5.91. The Morgan fingerprint density at radius 2 is 2.10 bits per heavy atom. The van der Waals surface area contributed by atoms with E-state index in [4.69, 9.17) is 10.5 Å². The molecule has 2 aliphatic rings. The number of aromatic amines is 1. The number of fused-ring (bicyclic) bond motifs is 5. The first kappa shape index (κ1) is 17.4. The maximum atomic E-state index is 12.0. The van der Waals surface area contributed by atoms with Crippen molar-refractivity contribution in [3.05, 3.63) is 87.9 Å². The van der Waals surface area contributed by atoms with Crippen LogP contribution >= 0.6 is 0 Å². The van der Waals surface area contributed by atoms with E-state index in [1.165, 1.54) is 5.56 Å². The Morgan fingerprint density at radius 3 is 2.93 bits per heavy atom. The number of nitrogens with two attached hydrogens (primary N) is 1. The standard InChI is InChI=1S/C24H21N3O3/c25-12-15-10-18(24(28)29)20-11-17-16-3-1-2-4-19(16)26-22(17)23(27(15)20)14-5-6-21-13(9-14)7-8-30-21/h1-6,9-10,23,26H,7-8,11-12,25H2,(H,28,29). The van der Waals surface area contributed by atoms with Gasteiger partial charge in [-0.25, -0.2) is 4.79 Å². The molecule has 30 heavy (non-hydrogen) atoms. The number of para-hydroxylation sites is 1. The molecule has 6 rings (SSSR count). The van der Waals surface area contributed by atoms with Crippen LogP contribution in [0.4, 0.5) is 0 Å². The van der Waals surface area contributed by atoms with Gasteiger partial charge < -0.3 is 25.1 Å². The summed E-state index contributed by atoms with van der Waals surface area (Å²) < 4.78 is 7.82. The van der Waals surface area contributed by atoms with Crippen LogP contribution in [-0.2, 0) is 19.4 Å². The molecule has 4 heterocycles. The van der Waals surface area contributed by atoms with Crippen LogP contribution in [0.3, 0.4) is 0 Å². The van der Waals surface area contributed by atoms with Crippen LogP contribution in [0.5, 0.6) is 5.75 Å². The van der Waals surface area contributed by atoms with Gasteiger partial charge in [0.2, 0.25) is 0 Å². The fraction of sp³-hybridized carbons (Fsp3) is 0.208. The van der Waals surface area contributed by atoms with Crippen molar-refractivity contribution in [3.8, 4) is 5.75 Å². The lowest BCUT2D eigenvalue weighted by molar-refractivity contribution is 0.0695. The molecule has 150 valence electrons. The summed E-state index contributed by atoms with van der Waals surface area (Å²) in [6, 6.07) is 16.1. The zero-order chi connectivity index (χ0) is 20.4. The molecule has 0 spiro atoms. The Balaban J connectivity index is 1.66. The largest absolute Gasteiger partial charge is 0.493 e. The van der Waals surface area contributed by atoms with Gasteiger partial charge in [0.1, 0.15) is 5.75 Å². The lowest BCUT2D eigenvalue weighted by Crippen LogP contribution is -2.25. The monoisotopic (exact) mass is 399 g/mol. The third-order valence-electron chi connectivity index (χ3n) is 6.41. The van der Waals surface area contributed by atoms with Gasteiger partial charge in [0.05, 0.1) is 18.2 Å². The van der Waals surface area contributed by atoms with E-state index in [0.717, 1.165) is 51.3 Å². The second kappa shape index (κ2) is 6.24. The number of carbonyl (C=O) groups is 1. The van der Waals surface area contributed by atoms with Crippen molar-refractivity contribution < 1.29 is 14.6 Å². The molecule has 2 aromatic heterocycles. The normalized spacial score (nSPS) is 16.8. The van der Waals surface area contributed by atoms with E-state index in [2.05, 4.69) is 33.8 Å². The van der Waals surface area contributed by atoms with Crippen molar-refractivity contribution in [3.63, 3.8) is 0 Å². The first-order valence-corrected chi connectivity index (χ1v) is 10.2. The summed E-state index contributed by atoms with van der Waals surface area (Å²) in [6.45, 7) is 0.980. The maximum Gasteiger partial charge on any atom is 0.337 e. The predicted octanol–water partition coefficient (Wildman–Crippen LogP) is 3.60. The van der Waals surface area contributed by atoms with Crippen molar-refractivity contribution in [2.75, 3.05) is 6.61 Å². The predicted molar refractivity (Wildman–Crippen MR) is 113 cm³/mol. The van der Waals surface area contributed by atoms with Gasteiger partial charge in [-0.05, 0) is 41.0 Å². The van der Waals surface area contributed by atoms with E-state index >= 15 is 0 Å². The first-order valence-electron chi connectivity index (χ1n) is 10.2. The lowest BCUT2D eigenvalue weighted by Gasteiger charge is -2.30. The number of aromatic nitrogens is 2. The van der Waals surface area contributed by atoms with Crippen LogP contribution in [0.25, 0.3) is 10.9 Å². The van der Waals surface area contributed by atoms with Gasteiger partial charge in [0.15, 0.2) is 0 Å². The Labute approximate surface area is 172 Å². The number of rotatable bonds is 3. The number of nitrogens with zero attached hydrogens (tertiary/aromatic N) is 1. The van der Waals surface area contributed by atoms with Crippen LogP contribution in [-0.4, -0.2) is 27.2 Å². The van der Waals surface area contributed by atoms with E-state index in [-0.39, 0.29) is 12.6 Å². The van der Waals surface area contributed by atoms with E-state index in [1.807, 2.05) is 18.2 Å². The summed E-state index contributed by atoms with van der Waals surface area (Å²) >= 11 is 0. The van der Waals surface area contributed by atoms with Gasteiger partial charge in [0, 0.05) is 47.4 Å². The van der Waals surface area contributed by atoms with Crippen LogP contribution < -0.4 is 10.5 Å². The molecule has 0 bridgehead atoms. The molecule has 1 unspecified atom stereocenters. The summed E-state index contributed by atoms with van der Waals surface area (Å²) in [6.07, 6.45) is 1.45. The molecule has 1 atom stereocenters. The smallest absolute Gasteiger partial charge is 0.337 e. The minimum absolute atomic E-state index is 0.159. The second-order valence-electron chi connectivity index (χ2n) is 7.98. The fourth-order valence-corrected chi connectivity index (χ4v) is 5.10. The minimum atomic E-state index is -0.914. The first-order chi connectivity index (χ1) is 14.7. The number of carboxylic acids is 1. The van der Waals surface area contributed by atoms with Crippen molar-refractivity contribution in [2.24, 2.45) is 5.73 Å². The van der Waals surface area contributed by atoms with Crippen LogP contribution in [0.2, 0.25) is 0 Å². The number of hydrogen-bond donors (Lipinski definition) is 3. The Morgan fingerprint density at radius 1 is 1.23 bits per heavy atom. The highest BCUT2D eigenvalue weighted by Crippen LogP contribution is 2.43. The third-order valence-corrected chi connectivity index (χ3v) is 6.41. The summed E-state index contributed by atoms with van der Waals surface area (Å²) in [7, 11) is 0. The Kier molecular flexibility index (Phi) is 3.61. The van der Waals surface area contributed by atoms with Crippen LogP contribution in [0, 0.1) is 0 Å². The van der Waals surface area contributed by atoms with Gasteiger partial charge in [-0.15, -0.1) is 0 Å². The molecule has 4 aromatic rings. The average Bonchev–Trinajstić information content (AvgIpc) is 3.46. The molecule has 0 fully saturated rings. The number of ether oxygens (including phenoxy) is 1. The molecule has 6 nitrogen and oxygen atoms in total. The summed E-state index contributed by atoms with van der Waals surface area (Å²) in [5.74, 6) is 0.0206. The quantitative estimate of drug-likeness (QED) is 0.432. The number of aromatic carboxylic acids is 1. The highest BCUT2D eigenvalue weighted by atomic mass is 16.5. The summed E-state index contributed by atoms with van der Waals surface area (Å²) in [5.41, 5.74) is 13.7. The maximum absolute atomic E-state index is 12.0. The number of H-pyrrole nitrogens is 1. The highest BCUT2D eigenvalue weighted by Gasteiger charge is 2.35. The Hall–Kier alpha value is -3.51. The molecule has 2 aliphatic heterocycles. The number of hydrogen-bond acceptors (Lipinski definition) is 3. The lowest BCUT2D eigenvalue weighted by atomic mass is 9.91. The second-order valence-corrected chi connectivity index (χ2v) is 7.98. The van der Waals surface area contributed by atoms with Gasteiger partial charge in [0.25, 0.3) is 0 Å². The molecule has 0 radical (unpaired) electrons. The van der Waals surface area contributed by atoms with Gasteiger partial charge in [-0.2, -0.15) is 0 Å². The molecular weight excluding hydrogens is 378 g/mol. The molecule has 6 heteroatoms. The van der Waals surface area contributed by atoms with E-state index in [9.17, 15) is 9.90 Å². The van der Waals surface area contributed by atoms with Crippen molar-refractivity contribution in [1.82, 2.24) is 9.55 Å². The number of nitrogens with one attached hydrogen (secondary N) is 1. The molecule has 4 N–H and O–H groups in total. The number of carboxylic acid groups (broad SMARTS) is 1. The van der Waals surface area contributed by atoms with Gasteiger partial charge in [-0.1, -0.05) is 24.3 Å². The van der Waals surface area contributed by atoms with Crippen molar-refractivity contribution >= 4 is 16.9 Å². The summed E-state index contributed by atoms with van der Waals surface area (Å²) in [5, 5.41) is 11.0. The number of benzene rings is 2. The molecule has 0 aliphatic carbocycles. The minimum Gasteiger partial charge on any atom is -0.493 e. The van der Waals surface area contributed by atoms with E-state index in [0.29, 0.717) is 18.6 Å². The van der Waals surface area contributed by atoms with Gasteiger partial charge in [-0.3, -0.25) is 0 Å². The van der Waals surface area contributed by atoms with Gasteiger partial charge >= 0.3 is 5.97 Å². The molecular formula is C24H21N3O3. The molecule has 0 amide bonds. The fourth-order valence-electron chi connectivity index (χ4n) is 5.10. The molecule has 2 aromatic carbocycles. The van der Waals surface area contributed by atoms with E-state index in [1.54, 1.807) is 6.07 Å². The Bertz CT molecular complexity index is 1330. The SMILES string of the molecule is NCc1cc(C(=O)O)c2n1C(c1ccc3c(c1)CCO3)c1[nH]c3ccccc3c1C2. The zero-order valence-electron chi connectivity index (χ0n) is 16.3. The van der Waals surface area contributed by atoms with Crippen molar-refractivity contribution in [1.29, 1.82) is 0 Å². The third kappa shape index (κ3) is 2.31. The van der Waals surface area contributed by atoms with Crippen LogP contribution in [0.15, 0.2) is 48.5 Å².